The lowest BCUT2D eigenvalue weighted by Crippen LogP contribution is -2.30. The summed E-state index contributed by atoms with van der Waals surface area (Å²) >= 11 is 0. The van der Waals surface area contributed by atoms with Crippen molar-refractivity contribution in [2.45, 2.75) is 374 Å². The van der Waals surface area contributed by atoms with E-state index in [1.807, 2.05) is 0 Å². The molecule has 0 saturated carbocycles. The van der Waals surface area contributed by atoms with E-state index in [4.69, 9.17) is 14.2 Å². The van der Waals surface area contributed by atoms with Crippen molar-refractivity contribution in [1.29, 1.82) is 0 Å². The summed E-state index contributed by atoms with van der Waals surface area (Å²) in [6, 6.07) is 0. The van der Waals surface area contributed by atoms with Gasteiger partial charge in [-0.25, -0.2) is 0 Å². The molecule has 0 fully saturated rings. The molecule has 6 heteroatoms. The fourth-order valence-corrected chi connectivity index (χ4v) is 10.1. The minimum atomic E-state index is -0.776. The van der Waals surface area contributed by atoms with Crippen LogP contribution in [-0.4, -0.2) is 37.2 Å². The van der Waals surface area contributed by atoms with Crippen LogP contribution in [0.15, 0.2) is 36.5 Å². The Bertz CT molecular complexity index is 1250. The van der Waals surface area contributed by atoms with Gasteiger partial charge in [-0.1, -0.05) is 308 Å². The van der Waals surface area contributed by atoms with Crippen LogP contribution in [0.1, 0.15) is 367 Å². The molecule has 0 saturated heterocycles. The second-order valence-electron chi connectivity index (χ2n) is 22.7. The topological polar surface area (TPSA) is 78.9 Å². The molecule has 75 heavy (non-hydrogen) atoms. The van der Waals surface area contributed by atoms with Crippen molar-refractivity contribution < 1.29 is 28.6 Å². The third kappa shape index (κ3) is 62.4. The number of allylic oxidation sites excluding steroid dienone is 6. The van der Waals surface area contributed by atoms with Gasteiger partial charge in [-0.05, 0) is 77.0 Å². The van der Waals surface area contributed by atoms with Gasteiger partial charge in [0.25, 0.3) is 0 Å². The summed E-state index contributed by atoms with van der Waals surface area (Å²) in [5.74, 6) is -0.863. The average Bonchev–Trinajstić information content (AvgIpc) is 3.41. The van der Waals surface area contributed by atoms with E-state index < -0.39 is 6.10 Å². The molecule has 0 bridgehead atoms. The van der Waals surface area contributed by atoms with Crippen molar-refractivity contribution in [3.8, 4) is 0 Å². The summed E-state index contributed by atoms with van der Waals surface area (Å²) in [4.78, 5) is 38.3. The molecule has 0 aromatic rings. The van der Waals surface area contributed by atoms with Gasteiger partial charge in [0.15, 0.2) is 6.10 Å². The van der Waals surface area contributed by atoms with Crippen LogP contribution in [0, 0.1) is 0 Å². The molecule has 0 aliphatic heterocycles. The van der Waals surface area contributed by atoms with E-state index in [2.05, 4.69) is 57.2 Å². The predicted molar refractivity (Wildman–Crippen MR) is 326 cm³/mol. The van der Waals surface area contributed by atoms with Gasteiger partial charge >= 0.3 is 17.9 Å². The summed E-state index contributed by atoms with van der Waals surface area (Å²) < 4.78 is 16.9. The third-order valence-electron chi connectivity index (χ3n) is 15.1. The quantitative estimate of drug-likeness (QED) is 0.0261. The number of ether oxygens (including phenoxy) is 3. The second kappa shape index (κ2) is 64.2. The van der Waals surface area contributed by atoms with Crippen LogP contribution in [0.5, 0.6) is 0 Å². The third-order valence-corrected chi connectivity index (χ3v) is 15.1. The zero-order valence-electron chi connectivity index (χ0n) is 50.6. The molecule has 440 valence electrons. The van der Waals surface area contributed by atoms with Crippen LogP contribution in [0.2, 0.25) is 0 Å². The summed E-state index contributed by atoms with van der Waals surface area (Å²) in [5, 5.41) is 0. The molecule has 0 rings (SSSR count). The Balaban J connectivity index is 4.16. The molecule has 0 aliphatic rings. The SMILES string of the molecule is CCCCCC/C=C\C/C=C\CCCCCCCC(=O)OC(COC(=O)CCCCCCCCCCCCCC)COC(=O)CCCCCCCCCCCCCCCCCCC/C=C\CCCCCCCCCC. The molecular formula is C69H128O6. The summed E-state index contributed by atoms with van der Waals surface area (Å²) in [5.41, 5.74) is 0. The highest BCUT2D eigenvalue weighted by atomic mass is 16.6. The largest absolute Gasteiger partial charge is 0.462 e. The Labute approximate surface area is 467 Å². The fraction of sp³-hybridized carbons (Fsp3) is 0.870. The van der Waals surface area contributed by atoms with Gasteiger partial charge in [0.1, 0.15) is 13.2 Å². The Morgan fingerprint density at radius 1 is 0.267 bits per heavy atom. The van der Waals surface area contributed by atoms with E-state index in [0.29, 0.717) is 19.3 Å². The standard InChI is InChI=1S/C69H128O6/c1-4-7-10-13-16-19-22-25-27-29-30-31-32-33-34-35-36-37-38-39-40-41-43-44-47-50-53-56-59-62-68(71)74-65-66(64-73-67(70)61-58-55-52-49-46-24-21-18-15-12-9-6-3)75-69(72)63-60-57-54-51-48-45-42-28-26-23-20-17-14-11-8-5-2/h20,23,28-30,42,66H,4-19,21-22,24-27,31-41,43-65H2,1-3H3/b23-20-,30-29-,42-28-. The van der Waals surface area contributed by atoms with Crippen molar-refractivity contribution in [3.63, 3.8) is 0 Å². The van der Waals surface area contributed by atoms with Crippen LogP contribution >= 0.6 is 0 Å². The Kier molecular flexibility index (Phi) is 62.1. The first kappa shape index (κ1) is 72.6. The predicted octanol–water partition coefficient (Wildman–Crippen LogP) is 22.8. The van der Waals surface area contributed by atoms with E-state index >= 15 is 0 Å². The normalized spacial score (nSPS) is 12.2. The molecule has 6 nitrogen and oxygen atoms in total. The Morgan fingerprint density at radius 3 is 0.760 bits per heavy atom. The number of hydrogen-bond donors (Lipinski definition) is 0. The van der Waals surface area contributed by atoms with E-state index in [9.17, 15) is 14.4 Å². The molecule has 1 unspecified atom stereocenters. The zero-order chi connectivity index (χ0) is 54.3. The summed E-state index contributed by atoms with van der Waals surface area (Å²) in [6.45, 7) is 6.66. The van der Waals surface area contributed by atoms with Gasteiger partial charge in [-0.2, -0.15) is 0 Å². The second-order valence-corrected chi connectivity index (χ2v) is 22.7. The van der Waals surface area contributed by atoms with Crippen molar-refractivity contribution in [1.82, 2.24) is 0 Å². The van der Waals surface area contributed by atoms with Crippen LogP contribution < -0.4 is 0 Å². The van der Waals surface area contributed by atoms with Crippen molar-refractivity contribution in [3.05, 3.63) is 36.5 Å². The zero-order valence-corrected chi connectivity index (χ0v) is 50.6. The number of carbonyl (C=O) groups excluding carboxylic acids is 3. The molecule has 0 amide bonds. The number of rotatable bonds is 62. The highest BCUT2D eigenvalue weighted by molar-refractivity contribution is 5.71. The minimum absolute atomic E-state index is 0.0730. The van der Waals surface area contributed by atoms with E-state index in [1.54, 1.807) is 0 Å². The van der Waals surface area contributed by atoms with Gasteiger partial charge in [0, 0.05) is 19.3 Å². The molecule has 0 radical (unpaired) electrons. The Morgan fingerprint density at radius 2 is 0.480 bits per heavy atom. The molecular weight excluding hydrogens is 925 g/mol. The number of unbranched alkanes of at least 4 members (excludes halogenated alkanes) is 45. The van der Waals surface area contributed by atoms with Gasteiger partial charge in [-0.15, -0.1) is 0 Å². The lowest BCUT2D eigenvalue weighted by atomic mass is 10.0. The molecule has 0 aliphatic carbocycles. The number of hydrogen-bond acceptors (Lipinski definition) is 6. The van der Waals surface area contributed by atoms with Crippen LogP contribution in [0.4, 0.5) is 0 Å². The van der Waals surface area contributed by atoms with Gasteiger partial charge < -0.3 is 14.2 Å². The van der Waals surface area contributed by atoms with E-state index in [0.717, 1.165) is 77.0 Å². The van der Waals surface area contributed by atoms with Crippen molar-refractivity contribution >= 4 is 17.9 Å². The molecule has 0 aromatic carbocycles. The van der Waals surface area contributed by atoms with Crippen molar-refractivity contribution in [2.75, 3.05) is 13.2 Å². The van der Waals surface area contributed by atoms with E-state index in [-0.39, 0.29) is 31.1 Å². The molecule has 1 atom stereocenters. The highest BCUT2D eigenvalue weighted by Gasteiger charge is 2.19. The van der Waals surface area contributed by atoms with E-state index in [1.165, 1.54) is 250 Å². The monoisotopic (exact) mass is 1050 g/mol. The van der Waals surface area contributed by atoms with Crippen LogP contribution in [0.25, 0.3) is 0 Å². The highest BCUT2D eigenvalue weighted by Crippen LogP contribution is 2.18. The van der Waals surface area contributed by atoms with Gasteiger partial charge in [0.05, 0.1) is 0 Å². The first-order valence-corrected chi connectivity index (χ1v) is 33.5. The number of carbonyl (C=O) groups is 3. The van der Waals surface area contributed by atoms with Gasteiger partial charge in [-0.3, -0.25) is 14.4 Å². The summed E-state index contributed by atoms with van der Waals surface area (Å²) in [7, 11) is 0. The first-order valence-electron chi connectivity index (χ1n) is 33.5. The van der Waals surface area contributed by atoms with Gasteiger partial charge in [0.2, 0.25) is 0 Å². The Hall–Kier alpha value is -2.37. The van der Waals surface area contributed by atoms with Crippen molar-refractivity contribution in [2.24, 2.45) is 0 Å². The maximum Gasteiger partial charge on any atom is 0.306 e. The summed E-state index contributed by atoms with van der Waals surface area (Å²) in [6.07, 6.45) is 78.9. The number of esters is 3. The lowest BCUT2D eigenvalue weighted by Gasteiger charge is -2.18. The molecule has 0 aromatic heterocycles. The molecule has 0 spiro atoms. The maximum absolute atomic E-state index is 12.9. The first-order chi connectivity index (χ1) is 37.0. The lowest BCUT2D eigenvalue weighted by molar-refractivity contribution is -0.167. The maximum atomic E-state index is 12.9. The minimum Gasteiger partial charge on any atom is -0.462 e. The molecule has 0 heterocycles. The molecule has 0 N–H and O–H groups in total. The smallest absolute Gasteiger partial charge is 0.306 e. The van der Waals surface area contributed by atoms with Crippen LogP contribution in [-0.2, 0) is 28.6 Å². The average molecular weight is 1050 g/mol. The fourth-order valence-electron chi connectivity index (χ4n) is 10.1. The van der Waals surface area contributed by atoms with Crippen LogP contribution in [0.3, 0.4) is 0 Å².